The van der Waals surface area contributed by atoms with E-state index in [2.05, 4.69) is 22.8 Å². The molecule has 154 valence electrons. The number of carbonyl (C=O) groups is 2. The van der Waals surface area contributed by atoms with Gasteiger partial charge in [0, 0.05) is 30.1 Å². The maximum atomic E-state index is 13.3. The standard InChI is InChI=1S/C26H22N2O3/c1-31-20-13-11-19(12-14-20)28-25(29)15-22(26(28)30)23-17-27(16-18-7-3-2-4-8-18)24-10-6-5-9-21(23)24/h2-14,17,22H,15-16H2,1H3/t22-/m0/s1. The number of hydrogen-bond donors (Lipinski definition) is 0. The Morgan fingerprint density at radius 3 is 2.35 bits per heavy atom. The van der Waals surface area contributed by atoms with Gasteiger partial charge in [-0.05, 0) is 41.5 Å². The minimum atomic E-state index is -0.489. The van der Waals surface area contributed by atoms with Crippen LogP contribution in [0.4, 0.5) is 5.69 Å². The quantitative estimate of drug-likeness (QED) is 0.447. The summed E-state index contributed by atoms with van der Waals surface area (Å²) in [5, 5.41) is 1.01. The number of aromatic nitrogens is 1. The minimum absolute atomic E-state index is 0.171. The van der Waals surface area contributed by atoms with Gasteiger partial charge in [0.15, 0.2) is 0 Å². The van der Waals surface area contributed by atoms with Crippen molar-refractivity contribution in [2.75, 3.05) is 12.0 Å². The zero-order valence-electron chi connectivity index (χ0n) is 17.2. The van der Waals surface area contributed by atoms with E-state index in [1.165, 1.54) is 10.5 Å². The molecule has 1 atom stereocenters. The zero-order chi connectivity index (χ0) is 21.4. The topological polar surface area (TPSA) is 51.5 Å². The van der Waals surface area contributed by atoms with Gasteiger partial charge in [0.2, 0.25) is 11.8 Å². The summed E-state index contributed by atoms with van der Waals surface area (Å²) in [4.78, 5) is 27.5. The van der Waals surface area contributed by atoms with Crippen LogP contribution in [-0.2, 0) is 16.1 Å². The molecule has 2 heterocycles. The second kappa shape index (κ2) is 7.76. The van der Waals surface area contributed by atoms with Gasteiger partial charge in [-0.1, -0.05) is 48.5 Å². The van der Waals surface area contributed by atoms with E-state index in [1.54, 1.807) is 31.4 Å². The van der Waals surface area contributed by atoms with Crippen molar-refractivity contribution in [3.05, 3.63) is 96.2 Å². The molecule has 0 saturated carbocycles. The van der Waals surface area contributed by atoms with Crippen LogP contribution in [-0.4, -0.2) is 23.5 Å². The minimum Gasteiger partial charge on any atom is -0.497 e. The Hall–Kier alpha value is -3.86. The fourth-order valence-electron chi connectivity index (χ4n) is 4.34. The van der Waals surface area contributed by atoms with E-state index in [4.69, 9.17) is 4.74 Å². The molecule has 0 spiro atoms. The van der Waals surface area contributed by atoms with Crippen molar-refractivity contribution >= 4 is 28.4 Å². The average Bonchev–Trinajstić information content (AvgIpc) is 3.31. The van der Waals surface area contributed by atoms with Crippen molar-refractivity contribution in [2.45, 2.75) is 18.9 Å². The number of amides is 2. The molecule has 5 nitrogen and oxygen atoms in total. The van der Waals surface area contributed by atoms with E-state index in [1.807, 2.05) is 42.6 Å². The third-order valence-electron chi connectivity index (χ3n) is 5.87. The number of carbonyl (C=O) groups excluding carboxylic acids is 2. The number of ether oxygens (including phenoxy) is 1. The Kier molecular flexibility index (Phi) is 4.79. The molecule has 1 fully saturated rings. The fourth-order valence-corrected chi connectivity index (χ4v) is 4.34. The van der Waals surface area contributed by atoms with Crippen LogP contribution in [0.15, 0.2) is 85.1 Å². The maximum absolute atomic E-state index is 13.3. The molecule has 1 saturated heterocycles. The van der Waals surface area contributed by atoms with Crippen LogP contribution in [0.25, 0.3) is 10.9 Å². The lowest BCUT2D eigenvalue weighted by atomic mass is 9.97. The first-order chi connectivity index (χ1) is 15.2. The van der Waals surface area contributed by atoms with Gasteiger partial charge >= 0.3 is 0 Å². The number of methoxy groups -OCH3 is 1. The summed E-state index contributed by atoms with van der Waals surface area (Å²) in [6.07, 6.45) is 2.20. The first-order valence-electron chi connectivity index (χ1n) is 10.3. The Balaban J connectivity index is 1.52. The van der Waals surface area contributed by atoms with Gasteiger partial charge < -0.3 is 9.30 Å². The van der Waals surface area contributed by atoms with Crippen molar-refractivity contribution in [1.82, 2.24) is 4.57 Å². The summed E-state index contributed by atoms with van der Waals surface area (Å²) in [5.74, 6) is -0.169. The van der Waals surface area contributed by atoms with Crippen LogP contribution in [0.2, 0.25) is 0 Å². The lowest BCUT2D eigenvalue weighted by molar-refractivity contribution is -0.121. The fraction of sp³-hybridized carbons (Fsp3) is 0.154. The highest BCUT2D eigenvalue weighted by Gasteiger charge is 2.41. The van der Waals surface area contributed by atoms with Crippen LogP contribution in [0, 0.1) is 0 Å². The first-order valence-corrected chi connectivity index (χ1v) is 10.3. The number of rotatable bonds is 5. The van der Waals surface area contributed by atoms with Crippen molar-refractivity contribution in [1.29, 1.82) is 0 Å². The summed E-state index contributed by atoms with van der Waals surface area (Å²) >= 11 is 0. The number of nitrogens with zero attached hydrogens (tertiary/aromatic N) is 2. The molecule has 1 aromatic heterocycles. The predicted molar refractivity (Wildman–Crippen MR) is 120 cm³/mol. The third-order valence-corrected chi connectivity index (χ3v) is 5.87. The summed E-state index contributed by atoms with van der Waals surface area (Å²) < 4.78 is 7.35. The Bertz CT molecular complexity index is 1260. The molecule has 5 heteroatoms. The van der Waals surface area contributed by atoms with Crippen molar-refractivity contribution in [3.8, 4) is 5.75 Å². The van der Waals surface area contributed by atoms with Gasteiger partial charge in [0.1, 0.15) is 5.75 Å². The number of imide groups is 1. The van der Waals surface area contributed by atoms with E-state index in [9.17, 15) is 9.59 Å². The zero-order valence-corrected chi connectivity index (χ0v) is 17.2. The van der Waals surface area contributed by atoms with Crippen LogP contribution in [0.1, 0.15) is 23.5 Å². The van der Waals surface area contributed by atoms with Crippen molar-refractivity contribution in [2.24, 2.45) is 0 Å². The average molecular weight is 410 g/mol. The van der Waals surface area contributed by atoms with Gasteiger partial charge in [0.05, 0.1) is 18.7 Å². The Morgan fingerprint density at radius 1 is 0.903 bits per heavy atom. The first kappa shape index (κ1) is 19.1. The van der Waals surface area contributed by atoms with E-state index in [-0.39, 0.29) is 18.2 Å². The van der Waals surface area contributed by atoms with Crippen LogP contribution >= 0.6 is 0 Å². The normalized spacial score (nSPS) is 16.3. The predicted octanol–water partition coefficient (Wildman–Crippen LogP) is 4.75. The molecular formula is C26H22N2O3. The molecule has 0 unspecified atom stereocenters. The Labute approximate surface area is 180 Å². The molecule has 1 aliphatic heterocycles. The second-order valence-electron chi connectivity index (χ2n) is 7.74. The largest absolute Gasteiger partial charge is 0.497 e. The molecule has 31 heavy (non-hydrogen) atoms. The lowest BCUT2D eigenvalue weighted by Gasteiger charge is -2.15. The summed E-state index contributed by atoms with van der Waals surface area (Å²) in [7, 11) is 1.59. The smallest absolute Gasteiger partial charge is 0.241 e. The van der Waals surface area contributed by atoms with Crippen LogP contribution in [0.3, 0.4) is 0 Å². The monoisotopic (exact) mass is 410 g/mol. The summed E-state index contributed by atoms with van der Waals surface area (Å²) in [6.45, 7) is 0.707. The molecule has 3 aromatic carbocycles. The molecular weight excluding hydrogens is 388 g/mol. The maximum Gasteiger partial charge on any atom is 0.241 e. The van der Waals surface area contributed by atoms with Crippen molar-refractivity contribution < 1.29 is 14.3 Å². The molecule has 0 bridgehead atoms. The highest BCUT2D eigenvalue weighted by molar-refractivity contribution is 6.23. The second-order valence-corrected chi connectivity index (χ2v) is 7.74. The van der Waals surface area contributed by atoms with Crippen LogP contribution in [0.5, 0.6) is 5.75 Å². The third kappa shape index (κ3) is 3.38. The summed E-state index contributed by atoms with van der Waals surface area (Å²) in [5.41, 5.74) is 3.72. The summed E-state index contributed by atoms with van der Waals surface area (Å²) in [6, 6.07) is 25.3. The molecule has 0 N–H and O–H groups in total. The SMILES string of the molecule is COc1ccc(N2C(=O)C[C@@H](c3cn(Cc4ccccc4)c4ccccc34)C2=O)cc1. The van der Waals surface area contributed by atoms with Crippen LogP contribution < -0.4 is 9.64 Å². The Morgan fingerprint density at radius 2 is 1.61 bits per heavy atom. The van der Waals surface area contributed by atoms with Gasteiger partial charge in [-0.15, -0.1) is 0 Å². The highest BCUT2D eigenvalue weighted by atomic mass is 16.5. The number of hydrogen-bond acceptors (Lipinski definition) is 3. The number of para-hydroxylation sites is 1. The molecule has 1 aliphatic rings. The molecule has 4 aromatic rings. The van der Waals surface area contributed by atoms with E-state index < -0.39 is 5.92 Å². The number of anilines is 1. The number of benzene rings is 3. The van der Waals surface area contributed by atoms with E-state index >= 15 is 0 Å². The molecule has 0 aliphatic carbocycles. The van der Waals surface area contributed by atoms with Crippen molar-refractivity contribution in [3.63, 3.8) is 0 Å². The van der Waals surface area contributed by atoms with E-state index in [0.717, 1.165) is 16.5 Å². The van der Waals surface area contributed by atoms with E-state index in [0.29, 0.717) is 18.0 Å². The molecule has 5 rings (SSSR count). The van der Waals surface area contributed by atoms with Gasteiger partial charge in [-0.25, -0.2) is 0 Å². The van der Waals surface area contributed by atoms with Gasteiger partial charge in [-0.2, -0.15) is 0 Å². The number of fused-ring (bicyclic) bond motifs is 1. The van der Waals surface area contributed by atoms with Gasteiger partial charge in [-0.3, -0.25) is 14.5 Å². The molecule has 0 radical (unpaired) electrons. The highest BCUT2D eigenvalue weighted by Crippen LogP contribution is 2.38. The lowest BCUT2D eigenvalue weighted by Crippen LogP contribution is -2.29. The van der Waals surface area contributed by atoms with Gasteiger partial charge in [0.25, 0.3) is 0 Å². The molecule has 2 amide bonds.